The van der Waals surface area contributed by atoms with Gasteiger partial charge in [-0.15, -0.1) is 0 Å². The number of carbonyl (C=O) groups is 1. The van der Waals surface area contributed by atoms with Gasteiger partial charge in [0.15, 0.2) is 0 Å². The zero-order chi connectivity index (χ0) is 15.1. The number of benzene rings is 2. The van der Waals surface area contributed by atoms with Crippen molar-refractivity contribution in [2.75, 3.05) is 19.0 Å². The molecule has 0 fully saturated rings. The number of methoxy groups -OCH3 is 1. The second-order valence-corrected chi connectivity index (χ2v) is 4.84. The van der Waals surface area contributed by atoms with Crippen LogP contribution in [0.5, 0.6) is 0 Å². The molecular formula is C17H20N2O2. The molecule has 110 valence electrons. The number of aryl methyl sites for hydroxylation is 1. The Kier molecular flexibility index (Phi) is 5.35. The predicted molar refractivity (Wildman–Crippen MR) is 84.4 cm³/mol. The standard InChI is InChI=1S/C17H20N2O2/c1-13-8-10-15(11-9-13)19-17(20)18-12-16(21-2)14-6-4-3-5-7-14/h3-11,16H,12H2,1-2H3,(H2,18,19,20). The lowest BCUT2D eigenvalue weighted by atomic mass is 10.1. The molecule has 0 aromatic heterocycles. The lowest BCUT2D eigenvalue weighted by Crippen LogP contribution is -2.32. The third-order valence-corrected chi connectivity index (χ3v) is 3.21. The van der Waals surface area contributed by atoms with Crippen LogP contribution >= 0.6 is 0 Å². The molecule has 0 radical (unpaired) electrons. The summed E-state index contributed by atoms with van der Waals surface area (Å²) in [7, 11) is 1.64. The van der Waals surface area contributed by atoms with Gasteiger partial charge in [-0.3, -0.25) is 0 Å². The highest BCUT2D eigenvalue weighted by Gasteiger charge is 2.11. The van der Waals surface area contributed by atoms with Gasteiger partial charge in [0, 0.05) is 19.3 Å². The van der Waals surface area contributed by atoms with Crippen LogP contribution in [0.25, 0.3) is 0 Å². The van der Waals surface area contributed by atoms with E-state index in [2.05, 4.69) is 10.6 Å². The van der Waals surface area contributed by atoms with Gasteiger partial charge in [0.05, 0.1) is 6.10 Å². The fourth-order valence-electron chi connectivity index (χ4n) is 2.00. The molecule has 0 bridgehead atoms. The van der Waals surface area contributed by atoms with E-state index in [1.807, 2.05) is 61.5 Å². The monoisotopic (exact) mass is 284 g/mol. The second kappa shape index (κ2) is 7.45. The first-order chi connectivity index (χ1) is 10.2. The normalized spacial score (nSPS) is 11.7. The summed E-state index contributed by atoms with van der Waals surface area (Å²) in [6.07, 6.45) is -0.157. The van der Waals surface area contributed by atoms with E-state index in [1.54, 1.807) is 7.11 Å². The molecule has 0 aliphatic rings. The van der Waals surface area contributed by atoms with Crippen LogP contribution in [0.4, 0.5) is 10.5 Å². The number of rotatable bonds is 5. The Morgan fingerprint density at radius 1 is 1.10 bits per heavy atom. The SMILES string of the molecule is COC(CNC(=O)Nc1ccc(C)cc1)c1ccccc1. The molecule has 4 nitrogen and oxygen atoms in total. The Morgan fingerprint density at radius 3 is 2.38 bits per heavy atom. The van der Waals surface area contributed by atoms with E-state index in [9.17, 15) is 4.79 Å². The van der Waals surface area contributed by atoms with Crippen LogP contribution in [0, 0.1) is 6.92 Å². The molecule has 0 aliphatic carbocycles. The van der Waals surface area contributed by atoms with Crippen molar-refractivity contribution in [3.63, 3.8) is 0 Å². The molecule has 2 rings (SSSR count). The van der Waals surface area contributed by atoms with Crippen molar-refractivity contribution in [3.8, 4) is 0 Å². The Hall–Kier alpha value is -2.33. The molecule has 21 heavy (non-hydrogen) atoms. The van der Waals surface area contributed by atoms with Crippen molar-refractivity contribution in [1.29, 1.82) is 0 Å². The number of urea groups is 1. The fraction of sp³-hybridized carbons (Fsp3) is 0.235. The topological polar surface area (TPSA) is 50.4 Å². The summed E-state index contributed by atoms with van der Waals surface area (Å²) in [5.41, 5.74) is 2.96. The molecular weight excluding hydrogens is 264 g/mol. The number of nitrogens with one attached hydrogen (secondary N) is 2. The molecule has 2 amide bonds. The van der Waals surface area contributed by atoms with E-state index in [-0.39, 0.29) is 12.1 Å². The number of hydrogen-bond acceptors (Lipinski definition) is 2. The highest BCUT2D eigenvalue weighted by Crippen LogP contribution is 2.15. The molecule has 0 saturated heterocycles. The zero-order valence-electron chi connectivity index (χ0n) is 12.3. The molecule has 2 N–H and O–H groups in total. The van der Waals surface area contributed by atoms with Gasteiger partial charge in [-0.1, -0.05) is 48.0 Å². The predicted octanol–water partition coefficient (Wildman–Crippen LogP) is 3.50. The molecule has 0 saturated carbocycles. The van der Waals surface area contributed by atoms with Crippen molar-refractivity contribution >= 4 is 11.7 Å². The number of hydrogen-bond donors (Lipinski definition) is 2. The summed E-state index contributed by atoms with van der Waals surface area (Å²) in [6, 6.07) is 17.2. The van der Waals surface area contributed by atoms with Crippen LogP contribution in [-0.2, 0) is 4.74 Å². The molecule has 1 atom stereocenters. The smallest absolute Gasteiger partial charge is 0.319 e. The largest absolute Gasteiger partial charge is 0.375 e. The zero-order valence-corrected chi connectivity index (χ0v) is 12.3. The van der Waals surface area contributed by atoms with Crippen LogP contribution in [0.15, 0.2) is 54.6 Å². The van der Waals surface area contributed by atoms with E-state index in [1.165, 1.54) is 0 Å². The van der Waals surface area contributed by atoms with Gasteiger partial charge >= 0.3 is 6.03 Å². The highest BCUT2D eigenvalue weighted by atomic mass is 16.5. The summed E-state index contributed by atoms with van der Waals surface area (Å²) < 4.78 is 5.41. The van der Waals surface area contributed by atoms with Crippen LogP contribution in [-0.4, -0.2) is 19.7 Å². The molecule has 0 aliphatic heterocycles. The fourth-order valence-corrected chi connectivity index (χ4v) is 2.00. The minimum Gasteiger partial charge on any atom is -0.375 e. The minimum atomic E-state index is -0.239. The second-order valence-electron chi connectivity index (χ2n) is 4.84. The average Bonchev–Trinajstić information content (AvgIpc) is 2.51. The van der Waals surface area contributed by atoms with E-state index in [4.69, 9.17) is 4.74 Å². The highest BCUT2D eigenvalue weighted by molar-refractivity contribution is 5.89. The molecule has 2 aromatic rings. The van der Waals surface area contributed by atoms with E-state index in [0.29, 0.717) is 6.54 Å². The third-order valence-electron chi connectivity index (χ3n) is 3.21. The van der Waals surface area contributed by atoms with Crippen molar-refractivity contribution in [2.45, 2.75) is 13.0 Å². The van der Waals surface area contributed by atoms with Crippen LogP contribution in [0.2, 0.25) is 0 Å². The van der Waals surface area contributed by atoms with Crippen molar-refractivity contribution in [1.82, 2.24) is 5.32 Å². The van der Waals surface area contributed by atoms with Gasteiger partial charge in [0.1, 0.15) is 0 Å². The number of anilines is 1. The number of amides is 2. The van der Waals surface area contributed by atoms with E-state index in [0.717, 1.165) is 16.8 Å². The summed E-state index contributed by atoms with van der Waals surface area (Å²) in [4.78, 5) is 11.9. The Bertz CT molecular complexity index is 567. The molecule has 1 unspecified atom stereocenters. The molecule has 0 heterocycles. The molecule has 2 aromatic carbocycles. The Balaban J connectivity index is 1.86. The average molecular weight is 284 g/mol. The van der Waals surface area contributed by atoms with Gasteiger partial charge in [0.2, 0.25) is 0 Å². The van der Waals surface area contributed by atoms with Gasteiger partial charge in [-0.05, 0) is 24.6 Å². The Labute approximate surface area is 125 Å². The van der Waals surface area contributed by atoms with Gasteiger partial charge in [-0.2, -0.15) is 0 Å². The lowest BCUT2D eigenvalue weighted by Gasteiger charge is -2.16. The first-order valence-corrected chi connectivity index (χ1v) is 6.88. The maximum absolute atomic E-state index is 11.9. The van der Waals surface area contributed by atoms with Crippen molar-refractivity contribution in [3.05, 3.63) is 65.7 Å². The number of carbonyl (C=O) groups excluding carboxylic acids is 1. The molecule has 4 heteroatoms. The quantitative estimate of drug-likeness (QED) is 0.882. The van der Waals surface area contributed by atoms with Crippen molar-refractivity contribution in [2.24, 2.45) is 0 Å². The Morgan fingerprint density at radius 2 is 1.76 bits per heavy atom. The summed E-state index contributed by atoms with van der Waals surface area (Å²) in [5.74, 6) is 0. The minimum absolute atomic E-state index is 0.157. The van der Waals surface area contributed by atoms with Crippen LogP contribution < -0.4 is 10.6 Å². The first kappa shape index (κ1) is 15.1. The van der Waals surface area contributed by atoms with Crippen molar-refractivity contribution < 1.29 is 9.53 Å². The van der Waals surface area contributed by atoms with Crippen LogP contribution in [0.3, 0.4) is 0 Å². The van der Waals surface area contributed by atoms with Gasteiger partial charge in [0.25, 0.3) is 0 Å². The van der Waals surface area contributed by atoms with Gasteiger partial charge in [-0.25, -0.2) is 4.79 Å². The van der Waals surface area contributed by atoms with E-state index < -0.39 is 0 Å². The maximum atomic E-state index is 11.9. The number of ether oxygens (including phenoxy) is 1. The summed E-state index contributed by atoms with van der Waals surface area (Å²) >= 11 is 0. The van der Waals surface area contributed by atoms with Crippen LogP contribution in [0.1, 0.15) is 17.2 Å². The summed E-state index contributed by atoms with van der Waals surface area (Å²) in [6.45, 7) is 2.42. The van der Waals surface area contributed by atoms with E-state index >= 15 is 0 Å². The summed E-state index contributed by atoms with van der Waals surface area (Å²) in [5, 5.41) is 5.61. The maximum Gasteiger partial charge on any atom is 0.319 e. The third kappa shape index (κ3) is 4.61. The molecule has 0 spiro atoms. The lowest BCUT2D eigenvalue weighted by molar-refractivity contribution is 0.104. The van der Waals surface area contributed by atoms with Gasteiger partial charge < -0.3 is 15.4 Å². The first-order valence-electron chi connectivity index (χ1n) is 6.88.